The quantitative estimate of drug-likeness (QED) is 0.681. The van der Waals surface area contributed by atoms with Gasteiger partial charge in [-0.05, 0) is 38.6 Å². The molecule has 0 aromatic carbocycles. The molecule has 1 aliphatic rings. The van der Waals surface area contributed by atoms with Crippen LogP contribution in [0.25, 0.3) is 0 Å². The Labute approximate surface area is 85.9 Å². The Hall–Kier alpha value is -0.760. The minimum atomic E-state index is 0.505. The van der Waals surface area contributed by atoms with Crippen LogP contribution in [-0.2, 0) is 0 Å². The van der Waals surface area contributed by atoms with Gasteiger partial charge < -0.3 is 4.42 Å². The van der Waals surface area contributed by atoms with Gasteiger partial charge in [0.2, 0.25) is 0 Å². The third-order valence-electron chi connectivity index (χ3n) is 3.14. The zero-order chi connectivity index (χ0) is 9.80. The van der Waals surface area contributed by atoms with Gasteiger partial charge in [0, 0.05) is 0 Å². The summed E-state index contributed by atoms with van der Waals surface area (Å²) in [7, 11) is 2.21. The van der Waals surface area contributed by atoms with Crippen molar-refractivity contribution in [3.63, 3.8) is 0 Å². The molecule has 0 radical (unpaired) electrons. The van der Waals surface area contributed by atoms with E-state index in [-0.39, 0.29) is 0 Å². The first-order valence-electron chi connectivity index (χ1n) is 5.61. The summed E-state index contributed by atoms with van der Waals surface area (Å²) in [6, 6.07) is 4.59. The van der Waals surface area contributed by atoms with E-state index in [0.717, 1.165) is 5.76 Å². The first-order chi connectivity index (χ1) is 6.88. The van der Waals surface area contributed by atoms with Gasteiger partial charge in [0.05, 0.1) is 12.3 Å². The van der Waals surface area contributed by atoms with Gasteiger partial charge in [-0.3, -0.25) is 4.90 Å². The van der Waals surface area contributed by atoms with Gasteiger partial charge in [-0.2, -0.15) is 0 Å². The van der Waals surface area contributed by atoms with E-state index in [1.165, 1.54) is 38.6 Å². The van der Waals surface area contributed by atoms with E-state index in [1.807, 2.05) is 6.07 Å². The summed E-state index contributed by atoms with van der Waals surface area (Å²) < 4.78 is 5.50. The lowest BCUT2D eigenvalue weighted by Crippen LogP contribution is -2.26. The van der Waals surface area contributed by atoms with E-state index in [1.54, 1.807) is 6.26 Å². The summed E-state index contributed by atoms with van der Waals surface area (Å²) in [5.74, 6) is 1.13. The smallest absolute Gasteiger partial charge is 0.120 e. The summed E-state index contributed by atoms with van der Waals surface area (Å²) >= 11 is 0. The molecule has 78 valence electrons. The fourth-order valence-corrected chi connectivity index (χ4v) is 2.27. The lowest BCUT2D eigenvalue weighted by Gasteiger charge is -2.28. The lowest BCUT2D eigenvalue weighted by atomic mass is 10.0. The van der Waals surface area contributed by atoms with Crippen molar-refractivity contribution in [2.75, 3.05) is 13.6 Å². The highest BCUT2D eigenvalue weighted by molar-refractivity contribution is 5.04. The van der Waals surface area contributed by atoms with Crippen molar-refractivity contribution in [1.82, 2.24) is 4.90 Å². The number of rotatable bonds is 1. The number of hydrogen-bond acceptors (Lipinski definition) is 2. The maximum absolute atomic E-state index is 5.50. The van der Waals surface area contributed by atoms with Crippen molar-refractivity contribution in [2.24, 2.45) is 0 Å². The third-order valence-corrected chi connectivity index (χ3v) is 3.14. The van der Waals surface area contributed by atoms with Gasteiger partial charge in [0.25, 0.3) is 0 Å². The first kappa shape index (κ1) is 9.78. The van der Waals surface area contributed by atoms with Crippen LogP contribution in [-0.4, -0.2) is 18.5 Å². The van der Waals surface area contributed by atoms with Crippen molar-refractivity contribution < 1.29 is 4.42 Å². The van der Waals surface area contributed by atoms with Gasteiger partial charge in [-0.15, -0.1) is 0 Å². The van der Waals surface area contributed by atoms with Crippen LogP contribution in [0.5, 0.6) is 0 Å². The normalized spacial score (nSPS) is 25.6. The molecule has 2 rings (SSSR count). The molecule has 2 heterocycles. The van der Waals surface area contributed by atoms with Crippen LogP contribution in [0, 0.1) is 0 Å². The van der Waals surface area contributed by atoms with Crippen molar-refractivity contribution in [2.45, 2.75) is 38.1 Å². The van der Waals surface area contributed by atoms with E-state index >= 15 is 0 Å². The van der Waals surface area contributed by atoms with Crippen molar-refractivity contribution >= 4 is 0 Å². The van der Waals surface area contributed by atoms with Crippen LogP contribution in [0.15, 0.2) is 22.8 Å². The van der Waals surface area contributed by atoms with Gasteiger partial charge in [0.15, 0.2) is 0 Å². The summed E-state index contributed by atoms with van der Waals surface area (Å²) in [5, 5.41) is 0. The second-order valence-electron chi connectivity index (χ2n) is 4.21. The number of furan rings is 1. The molecule has 2 heteroatoms. The molecule has 0 bridgehead atoms. The van der Waals surface area contributed by atoms with E-state index < -0.39 is 0 Å². The van der Waals surface area contributed by atoms with E-state index in [9.17, 15) is 0 Å². The predicted molar refractivity (Wildman–Crippen MR) is 57.2 cm³/mol. The van der Waals surface area contributed by atoms with Crippen LogP contribution in [0.2, 0.25) is 0 Å². The van der Waals surface area contributed by atoms with E-state index in [4.69, 9.17) is 4.42 Å². The second-order valence-corrected chi connectivity index (χ2v) is 4.21. The van der Waals surface area contributed by atoms with E-state index in [2.05, 4.69) is 18.0 Å². The van der Waals surface area contributed by atoms with Crippen molar-refractivity contribution in [1.29, 1.82) is 0 Å². The standard InChI is InChI=1S/C12H19NO/c1-13-9-5-3-2-4-7-11(13)12-8-6-10-14-12/h6,8,10-11H,2-5,7,9H2,1H3. The SMILES string of the molecule is CN1CCCCCCC1c1ccco1. The minimum Gasteiger partial charge on any atom is -0.468 e. The Balaban J connectivity index is 2.06. The molecule has 2 nitrogen and oxygen atoms in total. The van der Waals surface area contributed by atoms with E-state index in [0.29, 0.717) is 6.04 Å². The molecule has 1 atom stereocenters. The van der Waals surface area contributed by atoms with Crippen LogP contribution in [0.1, 0.15) is 43.9 Å². The molecule has 0 N–H and O–H groups in total. The van der Waals surface area contributed by atoms with Crippen molar-refractivity contribution in [3.8, 4) is 0 Å². The molecule has 14 heavy (non-hydrogen) atoms. The van der Waals surface area contributed by atoms with Crippen LogP contribution in [0.4, 0.5) is 0 Å². The zero-order valence-corrected chi connectivity index (χ0v) is 8.91. The monoisotopic (exact) mass is 193 g/mol. The zero-order valence-electron chi connectivity index (χ0n) is 8.91. The van der Waals surface area contributed by atoms with Gasteiger partial charge in [-0.1, -0.05) is 19.3 Å². The molecule has 0 aliphatic carbocycles. The van der Waals surface area contributed by atoms with Crippen LogP contribution >= 0.6 is 0 Å². The molecule has 0 amide bonds. The predicted octanol–water partition coefficient (Wildman–Crippen LogP) is 3.22. The lowest BCUT2D eigenvalue weighted by molar-refractivity contribution is 0.185. The molecule has 0 saturated carbocycles. The molecule has 1 aromatic heterocycles. The summed E-state index contributed by atoms with van der Waals surface area (Å²) in [4.78, 5) is 2.43. The number of nitrogens with zero attached hydrogens (tertiary/aromatic N) is 1. The largest absolute Gasteiger partial charge is 0.468 e. The molecule has 1 saturated heterocycles. The number of likely N-dealkylation sites (tertiary alicyclic amines) is 1. The molecule has 1 unspecified atom stereocenters. The average Bonchev–Trinajstić information content (AvgIpc) is 2.65. The third kappa shape index (κ3) is 2.18. The molecule has 1 fully saturated rings. The highest BCUT2D eigenvalue weighted by atomic mass is 16.3. The average molecular weight is 193 g/mol. The molecule has 1 aliphatic heterocycles. The first-order valence-corrected chi connectivity index (χ1v) is 5.61. The minimum absolute atomic E-state index is 0.505. The fourth-order valence-electron chi connectivity index (χ4n) is 2.27. The molecular formula is C12H19NO. The summed E-state index contributed by atoms with van der Waals surface area (Å²) in [6.45, 7) is 1.20. The summed E-state index contributed by atoms with van der Waals surface area (Å²) in [6.07, 6.45) is 8.44. The van der Waals surface area contributed by atoms with Crippen LogP contribution in [0.3, 0.4) is 0 Å². The summed E-state index contributed by atoms with van der Waals surface area (Å²) in [5.41, 5.74) is 0. The molecule has 1 aromatic rings. The second kappa shape index (κ2) is 4.65. The Bertz CT molecular complexity index is 255. The Morgan fingerprint density at radius 2 is 2.14 bits per heavy atom. The highest BCUT2D eigenvalue weighted by Gasteiger charge is 2.20. The van der Waals surface area contributed by atoms with Gasteiger partial charge in [-0.25, -0.2) is 0 Å². The van der Waals surface area contributed by atoms with Crippen LogP contribution < -0.4 is 0 Å². The fraction of sp³-hybridized carbons (Fsp3) is 0.667. The number of hydrogen-bond donors (Lipinski definition) is 0. The Morgan fingerprint density at radius 3 is 2.93 bits per heavy atom. The van der Waals surface area contributed by atoms with Gasteiger partial charge >= 0.3 is 0 Å². The maximum Gasteiger partial charge on any atom is 0.120 e. The molecule has 0 spiro atoms. The topological polar surface area (TPSA) is 16.4 Å². The van der Waals surface area contributed by atoms with Gasteiger partial charge in [0.1, 0.15) is 5.76 Å². The Morgan fingerprint density at radius 1 is 1.29 bits per heavy atom. The maximum atomic E-state index is 5.50. The highest BCUT2D eigenvalue weighted by Crippen LogP contribution is 2.28. The van der Waals surface area contributed by atoms with Crippen molar-refractivity contribution in [3.05, 3.63) is 24.2 Å². The molecular weight excluding hydrogens is 174 g/mol. The Kier molecular flexibility index (Phi) is 3.25.